The van der Waals surface area contributed by atoms with Gasteiger partial charge in [0.15, 0.2) is 0 Å². The number of phenols is 1. The molecule has 1 fully saturated rings. The molecule has 2 rings (SSSR count). The number of rotatable bonds is 4. The Balaban J connectivity index is 2.27. The van der Waals surface area contributed by atoms with Crippen LogP contribution in [0, 0.1) is 0 Å². The van der Waals surface area contributed by atoms with Crippen molar-refractivity contribution in [1.82, 2.24) is 0 Å². The van der Waals surface area contributed by atoms with Crippen molar-refractivity contribution in [2.45, 2.75) is 6.42 Å². The van der Waals surface area contributed by atoms with Gasteiger partial charge in [0.05, 0.1) is 31.0 Å². The topological polar surface area (TPSA) is 98.6 Å². The molecular formula is C14H22N3O3+. The number of quaternary nitrogens is 1. The van der Waals surface area contributed by atoms with Gasteiger partial charge in [0, 0.05) is 6.42 Å². The molecule has 0 bridgehead atoms. The maximum absolute atomic E-state index is 12.8. The number of amides is 1. The molecule has 1 amide bonds. The number of benzene rings is 1. The van der Waals surface area contributed by atoms with E-state index in [1.165, 1.54) is 6.07 Å². The van der Waals surface area contributed by atoms with Gasteiger partial charge in [0.2, 0.25) is 0 Å². The molecule has 0 aromatic heterocycles. The van der Waals surface area contributed by atoms with E-state index in [2.05, 4.69) is 0 Å². The van der Waals surface area contributed by atoms with Crippen LogP contribution in [-0.2, 0) is 4.74 Å². The first kappa shape index (κ1) is 14.8. The Morgan fingerprint density at radius 2 is 2.05 bits per heavy atom. The van der Waals surface area contributed by atoms with Crippen molar-refractivity contribution in [3.05, 3.63) is 23.8 Å². The first-order chi connectivity index (χ1) is 9.59. The highest BCUT2D eigenvalue weighted by Gasteiger charge is 2.38. The molecule has 1 heterocycles. The molecule has 1 aromatic carbocycles. The number of hydrogen-bond donors (Lipinski definition) is 3. The van der Waals surface area contributed by atoms with E-state index in [0.29, 0.717) is 49.4 Å². The van der Waals surface area contributed by atoms with Crippen LogP contribution in [0.1, 0.15) is 16.8 Å². The van der Waals surface area contributed by atoms with E-state index in [0.717, 1.165) is 6.42 Å². The summed E-state index contributed by atoms with van der Waals surface area (Å²) >= 11 is 0. The number of hydrogen-bond acceptors (Lipinski definition) is 5. The zero-order chi connectivity index (χ0) is 14.6. The van der Waals surface area contributed by atoms with Crippen molar-refractivity contribution < 1.29 is 19.1 Å². The lowest BCUT2D eigenvalue weighted by Crippen LogP contribution is -2.59. The number of morpholine rings is 1. The number of aromatic hydroxyl groups is 1. The lowest BCUT2D eigenvalue weighted by atomic mass is 10.1. The fourth-order valence-electron chi connectivity index (χ4n) is 2.57. The molecule has 0 spiro atoms. The number of nitrogen functional groups attached to an aromatic ring is 1. The van der Waals surface area contributed by atoms with Crippen molar-refractivity contribution in [1.29, 1.82) is 0 Å². The molecule has 0 radical (unpaired) electrons. The standard InChI is InChI=1S/C14H21N3O3/c15-4-1-5-17(6-8-20-9-7-17)14(19)11-2-3-12(16)13(18)10-11/h2-3,10H,1,4-9,15H2,(H2-,16,18,19)/p+1. The van der Waals surface area contributed by atoms with Gasteiger partial charge in [-0.1, -0.05) is 0 Å². The summed E-state index contributed by atoms with van der Waals surface area (Å²) < 4.78 is 5.70. The van der Waals surface area contributed by atoms with Crippen LogP contribution in [-0.4, -0.2) is 54.9 Å². The van der Waals surface area contributed by atoms with Crippen LogP contribution < -0.4 is 11.5 Å². The summed E-state index contributed by atoms with van der Waals surface area (Å²) in [7, 11) is 0. The Labute approximate surface area is 118 Å². The van der Waals surface area contributed by atoms with E-state index < -0.39 is 0 Å². The second-order valence-electron chi connectivity index (χ2n) is 5.15. The summed E-state index contributed by atoms with van der Waals surface area (Å²) in [6.45, 7) is 3.67. The lowest BCUT2D eigenvalue weighted by Gasteiger charge is -2.38. The van der Waals surface area contributed by atoms with Crippen LogP contribution in [0.5, 0.6) is 5.75 Å². The second kappa shape index (κ2) is 6.21. The average molecular weight is 280 g/mol. The van der Waals surface area contributed by atoms with Crippen LogP contribution in [0.25, 0.3) is 0 Å². The Hall–Kier alpha value is -1.63. The number of nitrogens with zero attached hydrogens (tertiary/aromatic N) is 1. The zero-order valence-corrected chi connectivity index (χ0v) is 11.5. The number of ether oxygens (including phenoxy) is 1. The normalized spacial score (nSPS) is 17.9. The molecule has 1 aliphatic heterocycles. The van der Waals surface area contributed by atoms with Gasteiger partial charge in [-0.2, -0.15) is 0 Å². The van der Waals surface area contributed by atoms with Gasteiger partial charge in [-0.3, -0.25) is 4.48 Å². The monoisotopic (exact) mass is 280 g/mol. The summed E-state index contributed by atoms with van der Waals surface area (Å²) in [5, 5.41) is 9.68. The van der Waals surface area contributed by atoms with Gasteiger partial charge in [0.25, 0.3) is 0 Å². The van der Waals surface area contributed by atoms with Gasteiger partial charge in [-0.25, -0.2) is 4.79 Å². The zero-order valence-electron chi connectivity index (χ0n) is 11.5. The molecule has 110 valence electrons. The molecule has 1 aromatic rings. The largest absolute Gasteiger partial charge is 0.506 e. The van der Waals surface area contributed by atoms with Crippen molar-refractivity contribution in [3.8, 4) is 5.75 Å². The van der Waals surface area contributed by atoms with E-state index >= 15 is 0 Å². The lowest BCUT2D eigenvalue weighted by molar-refractivity contribution is -0.858. The maximum atomic E-state index is 12.8. The van der Waals surface area contributed by atoms with E-state index in [1.54, 1.807) is 12.1 Å². The van der Waals surface area contributed by atoms with Crippen LogP contribution in [0.2, 0.25) is 0 Å². The molecule has 20 heavy (non-hydrogen) atoms. The SMILES string of the molecule is NCCC[N+]1(C(=O)c2ccc(N)c(O)c2)CCOCC1. The van der Waals surface area contributed by atoms with E-state index in [9.17, 15) is 9.90 Å². The number of carbonyl (C=O) groups is 1. The van der Waals surface area contributed by atoms with Crippen LogP contribution in [0.4, 0.5) is 5.69 Å². The Morgan fingerprint density at radius 1 is 1.35 bits per heavy atom. The van der Waals surface area contributed by atoms with Gasteiger partial charge >= 0.3 is 5.91 Å². The molecular weight excluding hydrogens is 258 g/mol. The first-order valence-electron chi connectivity index (χ1n) is 6.86. The average Bonchev–Trinajstić information content (AvgIpc) is 2.48. The van der Waals surface area contributed by atoms with Gasteiger partial charge < -0.3 is 21.3 Å². The highest BCUT2D eigenvalue weighted by Crippen LogP contribution is 2.25. The Morgan fingerprint density at radius 3 is 2.65 bits per heavy atom. The number of carbonyl (C=O) groups excluding carboxylic acids is 1. The quantitative estimate of drug-likeness (QED) is 0.419. The predicted molar refractivity (Wildman–Crippen MR) is 76.2 cm³/mol. The summed E-state index contributed by atoms with van der Waals surface area (Å²) in [4.78, 5) is 12.8. The van der Waals surface area contributed by atoms with E-state index in [1.807, 2.05) is 0 Å². The maximum Gasteiger partial charge on any atom is 0.346 e. The second-order valence-corrected chi connectivity index (χ2v) is 5.15. The van der Waals surface area contributed by atoms with Crippen molar-refractivity contribution in [2.24, 2.45) is 5.73 Å². The van der Waals surface area contributed by atoms with Gasteiger partial charge in [-0.15, -0.1) is 0 Å². The molecule has 0 saturated carbocycles. The van der Waals surface area contributed by atoms with Crippen LogP contribution in [0.3, 0.4) is 0 Å². The number of nitrogens with two attached hydrogens (primary N) is 2. The Bertz CT molecular complexity index is 485. The van der Waals surface area contributed by atoms with E-state index in [-0.39, 0.29) is 17.3 Å². The highest BCUT2D eigenvalue weighted by atomic mass is 16.5. The molecule has 0 unspecified atom stereocenters. The first-order valence-corrected chi connectivity index (χ1v) is 6.86. The van der Waals surface area contributed by atoms with Crippen LogP contribution in [0.15, 0.2) is 18.2 Å². The molecule has 0 atom stereocenters. The molecule has 6 heteroatoms. The third-order valence-electron chi connectivity index (χ3n) is 3.83. The van der Waals surface area contributed by atoms with Gasteiger partial charge in [-0.05, 0) is 24.7 Å². The third kappa shape index (κ3) is 2.92. The fourth-order valence-corrected chi connectivity index (χ4v) is 2.57. The summed E-state index contributed by atoms with van der Waals surface area (Å²) in [6.07, 6.45) is 0.784. The van der Waals surface area contributed by atoms with Gasteiger partial charge in [0.1, 0.15) is 18.8 Å². The summed E-state index contributed by atoms with van der Waals surface area (Å²) in [6, 6.07) is 4.66. The smallest absolute Gasteiger partial charge is 0.346 e. The predicted octanol–water partition coefficient (Wildman–Crippen LogP) is 0.310. The molecule has 6 nitrogen and oxygen atoms in total. The van der Waals surface area contributed by atoms with Crippen molar-refractivity contribution in [3.63, 3.8) is 0 Å². The van der Waals surface area contributed by atoms with Crippen molar-refractivity contribution >= 4 is 11.6 Å². The number of anilines is 1. The summed E-state index contributed by atoms with van der Waals surface area (Å²) in [5.41, 5.74) is 11.9. The fraction of sp³-hybridized carbons (Fsp3) is 0.500. The third-order valence-corrected chi connectivity index (χ3v) is 3.83. The molecule has 5 N–H and O–H groups in total. The Kier molecular flexibility index (Phi) is 4.59. The van der Waals surface area contributed by atoms with Crippen LogP contribution >= 0.6 is 0 Å². The number of phenolic OH excluding ortho intramolecular Hbond substituents is 1. The highest BCUT2D eigenvalue weighted by molar-refractivity contribution is 5.90. The van der Waals surface area contributed by atoms with Crippen molar-refractivity contribution in [2.75, 3.05) is 45.1 Å². The molecule has 1 aliphatic rings. The molecule has 0 aliphatic carbocycles. The minimum absolute atomic E-state index is 0.00273. The minimum atomic E-state index is -0.0546. The van der Waals surface area contributed by atoms with E-state index in [4.69, 9.17) is 16.2 Å². The summed E-state index contributed by atoms with van der Waals surface area (Å²) in [5.74, 6) is -0.0573. The molecule has 1 saturated heterocycles. The minimum Gasteiger partial charge on any atom is -0.506 e.